The predicted molar refractivity (Wildman–Crippen MR) is 44.5 cm³/mol. The van der Waals surface area contributed by atoms with Crippen LogP contribution in [0.5, 0.6) is 0 Å². The monoisotopic (exact) mass is 195 g/mol. The Morgan fingerprint density at radius 3 is 2.23 bits per heavy atom. The molecule has 0 spiro atoms. The first-order valence-corrected chi connectivity index (χ1v) is 3.99. The molecule has 0 rings (SSSR count). The smallest absolute Gasteiger partial charge is 0.265 e. The largest absolute Gasteiger partial charge is 0.385 e. The number of halogens is 2. The molecule has 1 amide bonds. The molecule has 0 heterocycles. The van der Waals surface area contributed by atoms with Crippen molar-refractivity contribution in [3.63, 3.8) is 0 Å². The molecule has 0 aliphatic rings. The lowest BCUT2D eigenvalue weighted by Gasteiger charge is -2.19. The van der Waals surface area contributed by atoms with Crippen molar-refractivity contribution in [1.82, 2.24) is 5.32 Å². The molecule has 78 valence electrons. The molecule has 0 bridgehead atoms. The van der Waals surface area contributed by atoms with Crippen molar-refractivity contribution < 1.29 is 18.7 Å². The highest BCUT2D eigenvalue weighted by Crippen LogP contribution is 2.12. The van der Waals surface area contributed by atoms with Crippen LogP contribution >= 0.6 is 0 Å². The molecule has 13 heavy (non-hydrogen) atoms. The summed E-state index contributed by atoms with van der Waals surface area (Å²) in [5, 5.41) is 10.9. The van der Waals surface area contributed by atoms with Crippen molar-refractivity contribution in [2.24, 2.45) is 5.41 Å². The van der Waals surface area contributed by atoms with Crippen LogP contribution in [-0.4, -0.2) is 30.1 Å². The molecule has 1 unspecified atom stereocenters. The highest BCUT2D eigenvalue weighted by atomic mass is 19.3. The number of nitrogens with one attached hydrogen (secondary N) is 1. The third kappa shape index (κ3) is 4.77. The van der Waals surface area contributed by atoms with Gasteiger partial charge in [0, 0.05) is 12.0 Å². The predicted octanol–water partition coefficient (Wildman–Crippen LogP) is 0.775. The SMILES string of the molecule is CC(C)(C)C(=O)NCC(O)C(F)F. The van der Waals surface area contributed by atoms with Crippen LogP contribution in [0.2, 0.25) is 0 Å². The molecule has 2 N–H and O–H groups in total. The summed E-state index contributed by atoms with van der Waals surface area (Å²) in [5.74, 6) is -0.354. The van der Waals surface area contributed by atoms with Crippen molar-refractivity contribution in [2.45, 2.75) is 33.3 Å². The van der Waals surface area contributed by atoms with Gasteiger partial charge in [-0.3, -0.25) is 4.79 Å². The molecule has 0 aromatic heterocycles. The maximum absolute atomic E-state index is 11.8. The fraction of sp³-hybridized carbons (Fsp3) is 0.875. The van der Waals surface area contributed by atoms with Gasteiger partial charge in [-0.05, 0) is 0 Å². The lowest BCUT2D eigenvalue weighted by atomic mass is 9.96. The van der Waals surface area contributed by atoms with E-state index in [-0.39, 0.29) is 5.91 Å². The van der Waals surface area contributed by atoms with Crippen LogP contribution in [0.4, 0.5) is 8.78 Å². The summed E-state index contributed by atoms with van der Waals surface area (Å²) < 4.78 is 23.5. The molecule has 0 aromatic rings. The minimum atomic E-state index is -2.82. The molecule has 0 fully saturated rings. The maximum atomic E-state index is 11.8. The van der Waals surface area contributed by atoms with Crippen molar-refractivity contribution in [1.29, 1.82) is 0 Å². The number of alkyl halides is 2. The maximum Gasteiger partial charge on any atom is 0.265 e. The number of rotatable bonds is 3. The Kier molecular flexibility index (Phi) is 4.26. The van der Waals surface area contributed by atoms with E-state index in [9.17, 15) is 13.6 Å². The fourth-order valence-corrected chi connectivity index (χ4v) is 0.552. The van der Waals surface area contributed by atoms with E-state index in [1.54, 1.807) is 20.8 Å². The summed E-state index contributed by atoms with van der Waals surface area (Å²) in [6, 6.07) is 0. The molecular weight excluding hydrogens is 180 g/mol. The summed E-state index contributed by atoms with van der Waals surface area (Å²) >= 11 is 0. The molecule has 0 saturated carbocycles. The van der Waals surface area contributed by atoms with Crippen LogP contribution in [0.3, 0.4) is 0 Å². The zero-order chi connectivity index (χ0) is 10.6. The second-order valence-electron chi connectivity index (χ2n) is 3.86. The van der Waals surface area contributed by atoms with Gasteiger partial charge in [-0.2, -0.15) is 0 Å². The lowest BCUT2D eigenvalue weighted by molar-refractivity contribution is -0.129. The van der Waals surface area contributed by atoms with Gasteiger partial charge in [0.15, 0.2) is 0 Å². The van der Waals surface area contributed by atoms with Crippen molar-refractivity contribution in [3.8, 4) is 0 Å². The Labute approximate surface area is 76.1 Å². The molecule has 1 atom stereocenters. The first-order valence-electron chi connectivity index (χ1n) is 3.99. The van der Waals surface area contributed by atoms with E-state index in [1.807, 2.05) is 0 Å². The van der Waals surface area contributed by atoms with Crippen LogP contribution in [-0.2, 0) is 4.79 Å². The Morgan fingerprint density at radius 2 is 1.92 bits per heavy atom. The van der Waals surface area contributed by atoms with Gasteiger partial charge in [0.2, 0.25) is 5.91 Å². The van der Waals surface area contributed by atoms with Gasteiger partial charge in [-0.1, -0.05) is 20.8 Å². The van der Waals surface area contributed by atoms with Gasteiger partial charge >= 0.3 is 0 Å². The van der Waals surface area contributed by atoms with Gasteiger partial charge < -0.3 is 10.4 Å². The molecular formula is C8H15F2NO2. The van der Waals surface area contributed by atoms with Crippen LogP contribution in [0.15, 0.2) is 0 Å². The Morgan fingerprint density at radius 1 is 1.46 bits per heavy atom. The topological polar surface area (TPSA) is 49.3 Å². The highest BCUT2D eigenvalue weighted by Gasteiger charge is 2.23. The summed E-state index contributed by atoms with van der Waals surface area (Å²) in [6.45, 7) is 4.58. The van der Waals surface area contributed by atoms with E-state index in [4.69, 9.17) is 5.11 Å². The van der Waals surface area contributed by atoms with Crippen LogP contribution in [0, 0.1) is 5.41 Å². The third-order valence-electron chi connectivity index (χ3n) is 1.44. The second-order valence-corrected chi connectivity index (χ2v) is 3.86. The van der Waals surface area contributed by atoms with Crippen molar-refractivity contribution in [3.05, 3.63) is 0 Å². The van der Waals surface area contributed by atoms with E-state index in [0.717, 1.165) is 0 Å². The van der Waals surface area contributed by atoms with E-state index in [0.29, 0.717) is 0 Å². The average Bonchev–Trinajstić information content (AvgIpc) is 1.97. The van der Waals surface area contributed by atoms with Gasteiger partial charge in [0.1, 0.15) is 6.10 Å². The number of aliphatic hydroxyl groups is 1. The first kappa shape index (κ1) is 12.3. The van der Waals surface area contributed by atoms with Crippen LogP contribution in [0.1, 0.15) is 20.8 Å². The minimum Gasteiger partial charge on any atom is -0.385 e. The van der Waals surface area contributed by atoms with Gasteiger partial charge in [0.25, 0.3) is 6.43 Å². The second kappa shape index (κ2) is 4.50. The number of amides is 1. The Hall–Kier alpha value is -0.710. The quantitative estimate of drug-likeness (QED) is 0.699. The Bertz CT molecular complexity index is 177. The van der Waals surface area contributed by atoms with Gasteiger partial charge in [-0.15, -0.1) is 0 Å². The standard InChI is InChI=1S/C8H15F2NO2/c1-8(2,3)7(13)11-4-5(12)6(9)10/h5-6,12H,4H2,1-3H3,(H,11,13). The zero-order valence-corrected chi connectivity index (χ0v) is 7.97. The third-order valence-corrected chi connectivity index (χ3v) is 1.44. The first-order chi connectivity index (χ1) is 5.75. The van der Waals surface area contributed by atoms with Gasteiger partial charge in [0.05, 0.1) is 0 Å². The number of carbonyl (C=O) groups is 1. The molecule has 0 saturated heterocycles. The van der Waals surface area contributed by atoms with E-state index < -0.39 is 24.5 Å². The number of carbonyl (C=O) groups excluding carboxylic acids is 1. The number of hydrogen-bond acceptors (Lipinski definition) is 2. The van der Waals surface area contributed by atoms with Crippen molar-refractivity contribution in [2.75, 3.05) is 6.54 Å². The Balaban J connectivity index is 3.84. The summed E-state index contributed by atoms with van der Waals surface area (Å²) in [4.78, 5) is 11.1. The summed E-state index contributed by atoms with van der Waals surface area (Å²) in [5.41, 5.74) is -0.623. The molecule has 0 aliphatic carbocycles. The molecule has 3 nitrogen and oxygen atoms in total. The van der Waals surface area contributed by atoms with Gasteiger partial charge in [-0.25, -0.2) is 8.78 Å². The number of hydrogen-bond donors (Lipinski definition) is 2. The highest BCUT2D eigenvalue weighted by molar-refractivity contribution is 5.81. The van der Waals surface area contributed by atoms with E-state index in [2.05, 4.69) is 5.32 Å². The summed E-state index contributed by atoms with van der Waals surface area (Å²) in [6.07, 6.45) is -4.61. The van der Waals surface area contributed by atoms with Crippen LogP contribution < -0.4 is 5.32 Å². The van der Waals surface area contributed by atoms with E-state index in [1.165, 1.54) is 0 Å². The summed E-state index contributed by atoms with van der Waals surface area (Å²) in [7, 11) is 0. The zero-order valence-electron chi connectivity index (χ0n) is 7.97. The molecule has 0 aliphatic heterocycles. The molecule has 0 aromatic carbocycles. The van der Waals surface area contributed by atoms with E-state index >= 15 is 0 Å². The lowest BCUT2D eigenvalue weighted by Crippen LogP contribution is -2.41. The van der Waals surface area contributed by atoms with Crippen LogP contribution in [0.25, 0.3) is 0 Å². The molecule has 5 heteroatoms. The minimum absolute atomic E-state index is 0.354. The normalized spacial score (nSPS) is 14.4. The number of aliphatic hydroxyl groups excluding tert-OH is 1. The van der Waals surface area contributed by atoms with Crippen molar-refractivity contribution >= 4 is 5.91 Å². The molecule has 0 radical (unpaired) electrons. The average molecular weight is 195 g/mol. The fourth-order valence-electron chi connectivity index (χ4n) is 0.552.